The van der Waals surface area contributed by atoms with Gasteiger partial charge in [-0.1, -0.05) is 12.6 Å². The number of carbonyl (C=O) groups excluding carboxylic acids is 2. The second-order valence-corrected chi connectivity index (χ2v) is 11.5. The third kappa shape index (κ3) is 4.78. The molecule has 0 radical (unpaired) electrons. The summed E-state index contributed by atoms with van der Waals surface area (Å²) < 4.78 is 2.19. The minimum absolute atomic E-state index is 0.0371. The summed E-state index contributed by atoms with van der Waals surface area (Å²) in [5, 5.41) is 0. The standard InChI is InChI=1S/C33H35N7O2/c1-2-30(41)37-16-18-38(19-17-37)33(42)24-13-15-39(21-24)25-8-10-26(11-9-25)40-29-20-23(22-5-6-22)7-12-28(29)36-32(40)27-4-3-14-35-31(27)34/h2-4,7-12,14,20,22,24H,1,5-6,13,15-19,21H2,(H2,34,35). The largest absolute Gasteiger partial charge is 0.383 e. The van der Waals surface area contributed by atoms with Gasteiger partial charge in [-0.2, -0.15) is 0 Å². The first kappa shape index (κ1) is 26.3. The molecule has 2 saturated heterocycles. The van der Waals surface area contributed by atoms with Gasteiger partial charge in [0, 0.05) is 56.8 Å². The van der Waals surface area contributed by atoms with Crippen LogP contribution in [0.25, 0.3) is 28.1 Å². The topological polar surface area (TPSA) is 101 Å². The molecule has 9 nitrogen and oxygen atoms in total. The minimum Gasteiger partial charge on any atom is -0.383 e. The lowest BCUT2D eigenvalue weighted by molar-refractivity contribution is -0.139. The van der Waals surface area contributed by atoms with E-state index in [0.717, 1.165) is 46.8 Å². The number of rotatable bonds is 6. The summed E-state index contributed by atoms with van der Waals surface area (Å²) in [5.74, 6) is 1.95. The number of benzene rings is 2. The predicted octanol–water partition coefficient (Wildman–Crippen LogP) is 4.23. The van der Waals surface area contributed by atoms with Crippen LogP contribution in [-0.4, -0.2) is 75.4 Å². The van der Waals surface area contributed by atoms with E-state index >= 15 is 0 Å². The lowest BCUT2D eigenvalue weighted by atomic mass is 10.1. The average Bonchev–Trinajstić information content (AvgIpc) is 3.64. The number of fused-ring (bicyclic) bond motifs is 1. The van der Waals surface area contributed by atoms with Gasteiger partial charge >= 0.3 is 0 Å². The van der Waals surface area contributed by atoms with Gasteiger partial charge in [-0.25, -0.2) is 9.97 Å². The number of anilines is 2. The van der Waals surface area contributed by atoms with E-state index in [9.17, 15) is 9.59 Å². The van der Waals surface area contributed by atoms with Crippen molar-refractivity contribution in [2.75, 3.05) is 49.9 Å². The third-order valence-electron chi connectivity index (χ3n) is 8.89. The zero-order valence-corrected chi connectivity index (χ0v) is 23.7. The summed E-state index contributed by atoms with van der Waals surface area (Å²) in [7, 11) is 0. The van der Waals surface area contributed by atoms with Crippen LogP contribution >= 0.6 is 0 Å². The van der Waals surface area contributed by atoms with Crippen LogP contribution in [0.15, 0.2) is 73.4 Å². The highest BCUT2D eigenvalue weighted by Crippen LogP contribution is 2.42. The van der Waals surface area contributed by atoms with Crippen LogP contribution in [0.2, 0.25) is 0 Å². The fourth-order valence-electron chi connectivity index (χ4n) is 6.35. The van der Waals surface area contributed by atoms with E-state index in [-0.39, 0.29) is 17.7 Å². The number of nitrogens with two attached hydrogens (primary N) is 1. The highest BCUT2D eigenvalue weighted by molar-refractivity contribution is 5.88. The minimum atomic E-state index is -0.0688. The normalized spacial score (nSPS) is 19.0. The summed E-state index contributed by atoms with van der Waals surface area (Å²) in [4.78, 5) is 40.5. The fraction of sp³-hybridized carbons (Fsp3) is 0.333. The Kier molecular flexibility index (Phi) is 6.64. The molecule has 1 saturated carbocycles. The van der Waals surface area contributed by atoms with Gasteiger partial charge in [0.1, 0.15) is 11.6 Å². The average molecular weight is 562 g/mol. The monoisotopic (exact) mass is 561 g/mol. The van der Waals surface area contributed by atoms with Crippen molar-refractivity contribution in [2.45, 2.75) is 25.2 Å². The van der Waals surface area contributed by atoms with Crippen molar-refractivity contribution in [3.05, 3.63) is 79.0 Å². The molecule has 2 aromatic carbocycles. The van der Waals surface area contributed by atoms with Crippen LogP contribution < -0.4 is 10.6 Å². The van der Waals surface area contributed by atoms with Crippen molar-refractivity contribution < 1.29 is 9.59 Å². The summed E-state index contributed by atoms with van der Waals surface area (Å²) >= 11 is 0. The third-order valence-corrected chi connectivity index (χ3v) is 8.89. The molecule has 2 amide bonds. The molecule has 2 aromatic heterocycles. The summed E-state index contributed by atoms with van der Waals surface area (Å²) in [6.07, 6.45) is 6.34. The zero-order chi connectivity index (χ0) is 28.8. The Balaban J connectivity index is 1.12. The molecule has 3 aliphatic rings. The van der Waals surface area contributed by atoms with Gasteiger partial charge in [0.15, 0.2) is 0 Å². The highest BCUT2D eigenvalue weighted by Gasteiger charge is 2.33. The van der Waals surface area contributed by atoms with Gasteiger partial charge in [-0.3, -0.25) is 14.2 Å². The molecule has 2 N–H and O–H groups in total. The van der Waals surface area contributed by atoms with Crippen molar-refractivity contribution >= 4 is 34.4 Å². The Morgan fingerprint density at radius 1 is 0.905 bits per heavy atom. The molecule has 42 heavy (non-hydrogen) atoms. The van der Waals surface area contributed by atoms with Crippen LogP contribution in [0.4, 0.5) is 11.5 Å². The van der Waals surface area contributed by atoms with Gasteiger partial charge in [0.05, 0.1) is 22.5 Å². The van der Waals surface area contributed by atoms with Gasteiger partial charge in [-0.05, 0) is 85.4 Å². The second-order valence-electron chi connectivity index (χ2n) is 11.5. The van der Waals surface area contributed by atoms with Gasteiger partial charge in [-0.15, -0.1) is 0 Å². The SMILES string of the molecule is C=CC(=O)N1CCN(C(=O)C2CCN(c3ccc(-n4c(-c5cccnc5N)nc5ccc(C6CC6)cc54)cc3)C2)CC1. The first-order valence-electron chi connectivity index (χ1n) is 14.8. The van der Waals surface area contributed by atoms with Crippen LogP contribution in [0.1, 0.15) is 30.7 Å². The van der Waals surface area contributed by atoms with Crippen molar-refractivity contribution in [3.8, 4) is 17.1 Å². The molecule has 3 fully saturated rings. The molecule has 1 atom stereocenters. The molecule has 2 aliphatic heterocycles. The van der Waals surface area contributed by atoms with Crippen LogP contribution in [0, 0.1) is 5.92 Å². The lowest BCUT2D eigenvalue weighted by Gasteiger charge is -2.35. The lowest BCUT2D eigenvalue weighted by Crippen LogP contribution is -2.51. The summed E-state index contributed by atoms with van der Waals surface area (Å²) in [5.41, 5.74) is 12.6. The molecule has 7 rings (SSSR count). The molecule has 4 heterocycles. The molecule has 214 valence electrons. The van der Waals surface area contributed by atoms with E-state index in [2.05, 4.69) is 63.5 Å². The number of aromatic nitrogens is 3. The molecular formula is C33H35N7O2. The number of imidazole rings is 1. The number of hydrogen-bond acceptors (Lipinski definition) is 6. The van der Waals surface area contributed by atoms with E-state index < -0.39 is 0 Å². The van der Waals surface area contributed by atoms with Crippen LogP contribution in [0.5, 0.6) is 0 Å². The molecule has 9 heteroatoms. The van der Waals surface area contributed by atoms with Crippen LogP contribution in [0.3, 0.4) is 0 Å². The molecule has 0 spiro atoms. The molecule has 1 unspecified atom stereocenters. The van der Waals surface area contributed by atoms with E-state index in [1.165, 1.54) is 24.5 Å². The van der Waals surface area contributed by atoms with E-state index in [4.69, 9.17) is 10.7 Å². The van der Waals surface area contributed by atoms with Crippen molar-refractivity contribution in [1.82, 2.24) is 24.3 Å². The Morgan fingerprint density at radius 3 is 2.36 bits per heavy atom. The van der Waals surface area contributed by atoms with E-state index in [0.29, 0.717) is 44.5 Å². The number of amides is 2. The number of nitrogens with zero attached hydrogens (tertiary/aromatic N) is 6. The maximum Gasteiger partial charge on any atom is 0.246 e. The second kappa shape index (κ2) is 10.6. The number of hydrogen-bond donors (Lipinski definition) is 1. The Morgan fingerprint density at radius 2 is 1.64 bits per heavy atom. The van der Waals surface area contributed by atoms with Gasteiger partial charge in [0.25, 0.3) is 0 Å². The first-order valence-corrected chi connectivity index (χ1v) is 14.8. The maximum atomic E-state index is 13.3. The smallest absolute Gasteiger partial charge is 0.246 e. The number of piperazine rings is 1. The number of nitrogen functional groups attached to an aromatic ring is 1. The van der Waals surface area contributed by atoms with Crippen molar-refractivity contribution in [2.24, 2.45) is 5.92 Å². The molecule has 0 bridgehead atoms. The fourth-order valence-corrected chi connectivity index (χ4v) is 6.35. The molecular weight excluding hydrogens is 526 g/mol. The Labute approximate surface area is 245 Å². The quantitative estimate of drug-likeness (QED) is 0.354. The highest BCUT2D eigenvalue weighted by atomic mass is 16.2. The summed E-state index contributed by atoms with van der Waals surface area (Å²) in [6, 6.07) is 19.0. The van der Waals surface area contributed by atoms with Gasteiger partial charge < -0.3 is 20.4 Å². The van der Waals surface area contributed by atoms with Crippen LogP contribution in [-0.2, 0) is 9.59 Å². The number of pyridine rings is 1. The molecule has 4 aromatic rings. The Hall–Kier alpha value is -4.66. The van der Waals surface area contributed by atoms with Crippen molar-refractivity contribution in [3.63, 3.8) is 0 Å². The van der Waals surface area contributed by atoms with Gasteiger partial charge in [0.2, 0.25) is 11.8 Å². The maximum absolute atomic E-state index is 13.3. The van der Waals surface area contributed by atoms with Crippen molar-refractivity contribution in [1.29, 1.82) is 0 Å². The van der Waals surface area contributed by atoms with E-state index in [1.807, 2.05) is 17.0 Å². The summed E-state index contributed by atoms with van der Waals surface area (Å²) in [6.45, 7) is 7.38. The van der Waals surface area contributed by atoms with E-state index in [1.54, 1.807) is 11.1 Å². The predicted molar refractivity (Wildman–Crippen MR) is 164 cm³/mol. The Bertz CT molecular complexity index is 1670. The first-order chi connectivity index (χ1) is 20.5. The molecule has 1 aliphatic carbocycles. The zero-order valence-electron chi connectivity index (χ0n) is 23.7. The number of carbonyl (C=O) groups is 2.